The van der Waals surface area contributed by atoms with Crippen LogP contribution in [0.2, 0.25) is 5.02 Å². The molecule has 0 spiro atoms. The highest BCUT2D eigenvalue weighted by molar-refractivity contribution is 6.47. The molecule has 2 aromatic carbocycles. The molecule has 0 saturated carbocycles. The molecule has 3 rings (SSSR count). The third kappa shape index (κ3) is 3.99. The first-order chi connectivity index (χ1) is 13.2. The molecule has 0 radical (unpaired) electrons. The number of carbonyl (C=O) groups is 2. The molecular weight excluding hydrogens is 385 g/mol. The highest BCUT2D eigenvalue weighted by Gasteiger charge is 2.41. The molecule has 0 atom stereocenters. The molecule has 8 heteroatoms. The van der Waals surface area contributed by atoms with E-state index in [9.17, 15) is 14.0 Å². The number of anilines is 1. The number of ether oxygens (including phenoxy) is 1. The summed E-state index contributed by atoms with van der Waals surface area (Å²) >= 11 is 5.71. The van der Waals surface area contributed by atoms with Crippen LogP contribution < -0.4 is 10.1 Å². The summed E-state index contributed by atoms with van der Waals surface area (Å²) in [5.41, 5.74) is -0.0267. The van der Waals surface area contributed by atoms with E-state index in [1.165, 1.54) is 17.0 Å². The standard InChI is InChI=1S/C20H19ClFN3O3/c1-20(2)24-18(12-4-7-14(28-3)8-5-12)19(27)25(20)11-17(26)23-16-9-6-13(21)10-15(16)22/h4-10H,11H2,1-3H3,(H,23,26). The lowest BCUT2D eigenvalue weighted by Crippen LogP contribution is -2.46. The zero-order valence-corrected chi connectivity index (χ0v) is 16.4. The third-order valence-corrected chi connectivity index (χ3v) is 4.60. The molecule has 2 aromatic rings. The minimum Gasteiger partial charge on any atom is -0.497 e. The molecule has 6 nitrogen and oxygen atoms in total. The summed E-state index contributed by atoms with van der Waals surface area (Å²) in [6.45, 7) is 3.20. The van der Waals surface area contributed by atoms with Gasteiger partial charge in [0.25, 0.3) is 5.91 Å². The first-order valence-electron chi connectivity index (χ1n) is 8.52. The molecule has 1 N–H and O–H groups in total. The predicted molar refractivity (Wildman–Crippen MR) is 105 cm³/mol. The zero-order valence-electron chi connectivity index (χ0n) is 15.6. The number of methoxy groups -OCH3 is 1. The molecule has 0 fully saturated rings. The van der Waals surface area contributed by atoms with E-state index in [4.69, 9.17) is 16.3 Å². The van der Waals surface area contributed by atoms with Gasteiger partial charge in [-0.1, -0.05) is 11.6 Å². The molecule has 28 heavy (non-hydrogen) atoms. The van der Waals surface area contributed by atoms with Crippen LogP contribution in [0.5, 0.6) is 5.75 Å². The first-order valence-corrected chi connectivity index (χ1v) is 8.90. The van der Waals surface area contributed by atoms with Gasteiger partial charge in [0.2, 0.25) is 5.91 Å². The molecule has 0 aromatic heterocycles. The van der Waals surface area contributed by atoms with Crippen molar-refractivity contribution in [3.8, 4) is 5.75 Å². The molecule has 0 unspecified atom stereocenters. The van der Waals surface area contributed by atoms with Crippen LogP contribution in [0.4, 0.5) is 10.1 Å². The summed E-state index contributed by atoms with van der Waals surface area (Å²) in [6, 6.07) is 10.9. The molecule has 0 bridgehead atoms. The summed E-state index contributed by atoms with van der Waals surface area (Å²) in [5.74, 6) is -0.894. The second kappa shape index (κ2) is 7.59. The Hall–Kier alpha value is -2.93. The number of amides is 2. The van der Waals surface area contributed by atoms with Crippen molar-refractivity contribution in [1.82, 2.24) is 4.90 Å². The van der Waals surface area contributed by atoms with Crippen molar-refractivity contribution in [2.45, 2.75) is 19.5 Å². The number of aliphatic imine (C=N–C) groups is 1. The Balaban J connectivity index is 1.75. The number of nitrogens with zero attached hydrogens (tertiary/aromatic N) is 2. The number of hydrogen-bond donors (Lipinski definition) is 1. The van der Waals surface area contributed by atoms with E-state index in [0.29, 0.717) is 11.3 Å². The number of rotatable bonds is 5. The quantitative estimate of drug-likeness (QED) is 0.830. The molecule has 2 amide bonds. The monoisotopic (exact) mass is 403 g/mol. The van der Waals surface area contributed by atoms with Gasteiger partial charge in [0.15, 0.2) is 0 Å². The minimum atomic E-state index is -0.914. The lowest BCUT2D eigenvalue weighted by atomic mass is 10.1. The van der Waals surface area contributed by atoms with Gasteiger partial charge >= 0.3 is 0 Å². The Morgan fingerprint density at radius 3 is 2.54 bits per heavy atom. The van der Waals surface area contributed by atoms with Crippen molar-refractivity contribution >= 4 is 34.8 Å². The number of hydrogen-bond acceptors (Lipinski definition) is 4. The van der Waals surface area contributed by atoms with Crippen molar-refractivity contribution < 1.29 is 18.7 Å². The summed E-state index contributed by atoms with van der Waals surface area (Å²) in [4.78, 5) is 31.1. The van der Waals surface area contributed by atoms with Crippen molar-refractivity contribution in [2.24, 2.45) is 4.99 Å². The van der Waals surface area contributed by atoms with Crippen molar-refractivity contribution in [1.29, 1.82) is 0 Å². The van der Waals surface area contributed by atoms with Crippen LogP contribution in [0.1, 0.15) is 19.4 Å². The second-order valence-corrected chi connectivity index (χ2v) is 7.18. The normalized spacial score (nSPS) is 15.4. The smallest absolute Gasteiger partial charge is 0.275 e. The summed E-state index contributed by atoms with van der Waals surface area (Å²) in [7, 11) is 1.56. The molecular formula is C20H19ClFN3O3. The molecule has 1 heterocycles. The van der Waals surface area contributed by atoms with Gasteiger partial charge < -0.3 is 15.0 Å². The van der Waals surface area contributed by atoms with Gasteiger partial charge in [-0.25, -0.2) is 4.39 Å². The lowest BCUT2D eigenvalue weighted by molar-refractivity contribution is -0.131. The van der Waals surface area contributed by atoms with Crippen molar-refractivity contribution in [2.75, 3.05) is 19.0 Å². The van der Waals surface area contributed by atoms with E-state index >= 15 is 0 Å². The lowest BCUT2D eigenvalue weighted by Gasteiger charge is -2.28. The predicted octanol–water partition coefficient (Wildman–Crippen LogP) is 3.49. The fraction of sp³-hybridized carbons (Fsp3) is 0.250. The molecule has 146 valence electrons. The Labute approximate surface area is 167 Å². The van der Waals surface area contributed by atoms with Gasteiger partial charge in [-0.15, -0.1) is 0 Å². The number of benzene rings is 2. The highest BCUT2D eigenvalue weighted by atomic mass is 35.5. The SMILES string of the molecule is COc1ccc(C2=NC(C)(C)N(CC(=O)Nc3ccc(Cl)cc3F)C2=O)cc1. The third-order valence-electron chi connectivity index (χ3n) is 4.36. The fourth-order valence-electron chi connectivity index (χ4n) is 2.88. The average Bonchev–Trinajstić information content (AvgIpc) is 2.87. The van der Waals surface area contributed by atoms with Crippen LogP contribution in [-0.4, -0.2) is 41.7 Å². The van der Waals surface area contributed by atoms with Crippen molar-refractivity contribution in [3.05, 3.63) is 58.9 Å². The Bertz CT molecular complexity index is 958. The van der Waals surface area contributed by atoms with E-state index < -0.39 is 17.4 Å². The highest BCUT2D eigenvalue weighted by Crippen LogP contribution is 2.27. The van der Waals surface area contributed by atoms with Gasteiger partial charge in [0, 0.05) is 10.6 Å². The molecule has 1 aliphatic rings. The maximum Gasteiger partial charge on any atom is 0.275 e. The fourth-order valence-corrected chi connectivity index (χ4v) is 3.04. The maximum atomic E-state index is 13.9. The zero-order chi connectivity index (χ0) is 20.5. The Morgan fingerprint density at radius 2 is 1.93 bits per heavy atom. The topological polar surface area (TPSA) is 71.0 Å². The number of nitrogens with one attached hydrogen (secondary N) is 1. The van der Waals surface area contributed by atoms with E-state index in [-0.39, 0.29) is 28.9 Å². The van der Waals surface area contributed by atoms with Crippen LogP contribution in [0, 0.1) is 5.82 Å². The average molecular weight is 404 g/mol. The van der Waals surface area contributed by atoms with Gasteiger partial charge in [-0.05, 0) is 56.3 Å². The largest absolute Gasteiger partial charge is 0.497 e. The molecule has 0 aliphatic carbocycles. The van der Waals surface area contributed by atoms with Gasteiger partial charge in [0.1, 0.15) is 29.5 Å². The van der Waals surface area contributed by atoms with Gasteiger partial charge in [0.05, 0.1) is 12.8 Å². The number of halogens is 2. The van der Waals surface area contributed by atoms with Crippen LogP contribution in [0.3, 0.4) is 0 Å². The first kappa shape index (κ1) is 19.8. The van der Waals surface area contributed by atoms with Gasteiger partial charge in [-0.3, -0.25) is 14.6 Å². The summed E-state index contributed by atoms with van der Waals surface area (Å²) in [5, 5.41) is 2.68. The van der Waals surface area contributed by atoms with Crippen LogP contribution in [0.25, 0.3) is 0 Å². The minimum absolute atomic E-state index is 0.00449. The van der Waals surface area contributed by atoms with E-state index in [0.717, 1.165) is 6.07 Å². The number of carbonyl (C=O) groups excluding carboxylic acids is 2. The van der Waals surface area contributed by atoms with E-state index in [1.807, 2.05) is 0 Å². The van der Waals surface area contributed by atoms with Gasteiger partial charge in [-0.2, -0.15) is 0 Å². The van der Waals surface area contributed by atoms with Crippen LogP contribution in [0.15, 0.2) is 47.5 Å². The summed E-state index contributed by atoms with van der Waals surface area (Å²) in [6.07, 6.45) is 0. The van der Waals surface area contributed by atoms with Crippen LogP contribution >= 0.6 is 11.6 Å². The van der Waals surface area contributed by atoms with E-state index in [2.05, 4.69) is 10.3 Å². The molecule has 1 aliphatic heterocycles. The Kier molecular flexibility index (Phi) is 5.38. The van der Waals surface area contributed by atoms with Crippen molar-refractivity contribution in [3.63, 3.8) is 0 Å². The maximum absolute atomic E-state index is 13.9. The summed E-state index contributed by atoms with van der Waals surface area (Å²) < 4.78 is 19.0. The second-order valence-electron chi connectivity index (χ2n) is 6.75. The Morgan fingerprint density at radius 1 is 1.25 bits per heavy atom. The van der Waals surface area contributed by atoms with Crippen LogP contribution in [-0.2, 0) is 9.59 Å². The van der Waals surface area contributed by atoms with E-state index in [1.54, 1.807) is 45.2 Å². The molecule has 0 saturated heterocycles.